The van der Waals surface area contributed by atoms with Gasteiger partial charge in [0.1, 0.15) is 0 Å². The molecule has 0 saturated carbocycles. The number of rotatable bonds is 21. The third-order valence-electron chi connectivity index (χ3n) is 4.75. The van der Waals surface area contributed by atoms with Gasteiger partial charge in [0, 0.05) is 19.6 Å². The summed E-state index contributed by atoms with van der Waals surface area (Å²) in [5.74, 6) is 5.24. The van der Waals surface area contributed by atoms with E-state index in [1.54, 1.807) is 0 Å². The second kappa shape index (κ2) is 30.5. The fraction of sp³-hybridized carbons (Fsp3) is 1.00. The first kappa shape index (κ1) is 29.0. The topological polar surface area (TPSA) is 90.5 Å². The van der Waals surface area contributed by atoms with Crippen molar-refractivity contribution in [3.63, 3.8) is 0 Å². The lowest BCUT2D eigenvalue weighted by Gasteiger charge is -2.03. The van der Waals surface area contributed by atoms with Crippen LogP contribution >= 0.6 is 0 Å². The molecule has 0 unspecified atom stereocenters. The van der Waals surface area contributed by atoms with Crippen molar-refractivity contribution in [2.45, 2.75) is 110 Å². The minimum Gasteiger partial charge on any atom is -0.395 e. The Kier molecular flexibility index (Phi) is 32.8. The van der Waals surface area contributed by atoms with Crippen LogP contribution in [0.2, 0.25) is 0 Å². The quantitative estimate of drug-likeness (QED) is 0.115. The van der Waals surface area contributed by atoms with E-state index in [0.29, 0.717) is 13.1 Å². The molecule has 0 aromatic rings. The summed E-state index contributed by atoms with van der Waals surface area (Å²) < 4.78 is 0. The van der Waals surface area contributed by atoms with Crippen LogP contribution in [-0.4, -0.2) is 43.1 Å². The SMILES string of the molecule is CCCCCCCCCCCCCCCCCCNN.OCCNCCO. The van der Waals surface area contributed by atoms with E-state index in [-0.39, 0.29) is 13.2 Å². The Morgan fingerprint density at radius 3 is 1.15 bits per heavy atom. The summed E-state index contributed by atoms with van der Waals surface area (Å²) in [7, 11) is 0. The Hall–Kier alpha value is -0.200. The smallest absolute Gasteiger partial charge is 0.0555 e. The lowest BCUT2D eigenvalue weighted by molar-refractivity contribution is 0.266. The number of nitrogens with one attached hydrogen (secondary N) is 2. The Morgan fingerprint density at radius 2 is 0.852 bits per heavy atom. The third-order valence-corrected chi connectivity index (χ3v) is 4.75. The maximum atomic E-state index is 8.15. The standard InChI is InChI=1S/C18H40N2.C4H11NO2/c1-2-3-4-5-6-7-8-9-10-11-12-13-14-15-16-17-18-20-19;6-3-1-5-2-4-7/h20H,2-19H2,1H3;5-7H,1-4H2. The number of unbranched alkanes of at least 4 members (excludes halogenated alkanes) is 15. The van der Waals surface area contributed by atoms with Crippen molar-refractivity contribution in [1.29, 1.82) is 0 Å². The first-order chi connectivity index (χ1) is 13.3. The van der Waals surface area contributed by atoms with Gasteiger partial charge in [0.2, 0.25) is 0 Å². The first-order valence-electron chi connectivity index (χ1n) is 11.7. The fourth-order valence-electron chi connectivity index (χ4n) is 3.06. The number of hydrazine groups is 1. The molecule has 0 aromatic heterocycles. The molecule has 0 saturated heterocycles. The molecule has 0 bridgehead atoms. The average Bonchev–Trinajstić information content (AvgIpc) is 2.68. The zero-order chi connectivity index (χ0) is 20.3. The molecule has 0 aliphatic rings. The van der Waals surface area contributed by atoms with Gasteiger partial charge < -0.3 is 15.5 Å². The van der Waals surface area contributed by atoms with Crippen LogP contribution in [0.1, 0.15) is 110 Å². The molecule has 0 amide bonds. The van der Waals surface area contributed by atoms with E-state index in [2.05, 4.69) is 17.7 Å². The molecule has 0 fully saturated rings. The highest BCUT2D eigenvalue weighted by atomic mass is 16.3. The molecule has 0 rings (SSSR count). The molecule has 0 atom stereocenters. The number of nitrogens with two attached hydrogens (primary N) is 1. The van der Waals surface area contributed by atoms with E-state index >= 15 is 0 Å². The summed E-state index contributed by atoms with van der Waals surface area (Å²) in [6.45, 7) is 4.68. The van der Waals surface area contributed by atoms with Crippen LogP contribution in [0.25, 0.3) is 0 Å². The van der Waals surface area contributed by atoms with Gasteiger partial charge in [0.15, 0.2) is 0 Å². The van der Waals surface area contributed by atoms with Gasteiger partial charge in [0.05, 0.1) is 13.2 Å². The predicted octanol–water partition coefficient (Wildman–Crippen LogP) is 4.27. The summed E-state index contributed by atoms with van der Waals surface area (Å²) >= 11 is 0. The van der Waals surface area contributed by atoms with Crippen molar-refractivity contribution in [3.8, 4) is 0 Å². The van der Waals surface area contributed by atoms with Crippen molar-refractivity contribution in [3.05, 3.63) is 0 Å². The fourth-order valence-corrected chi connectivity index (χ4v) is 3.06. The predicted molar refractivity (Wildman–Crippen MR) is 119 cm³/mol. The van der Waals surface area contributed by atoms with E-state index in [0.717, 1.165) is 6.54 Å². The lowest BCUT2D eigenvalue weighted by atomic mass is 10.0. The largest absolute Gasteiger partial charge is 0.395 e. The Morgan fingerprint density at radius 1 is 0.519 bits per heavy atom. The van der Waals surface area contributed by atoms with Crippen LogP contribution in [0.3, 0.4) is 0 Å². The molecular weight excluding hydrogens is 338 g/mol. The minimum absolute atomic E-state index is 0.139. The lowest BCUT2D eigenvalue weighted by Crippen LogP contribution is -2.22. The maximum Gasteiger partial charge on any atom is 0.0555 e. The second-order valence-corrected chi connectivity index (χ2v) is 7.45. The van der Waals surface area contributed by atoms with Crippen molar-refractivity contribution in [2.24, 2.45) is 5.84 Å². The van der Waals surface area contributed by atoms with Crippen molar-refractivity contribution >= 4 is 0 Å². The summed E-state index contributed by atoms with van der Waals surface area (Å²) in [5.41, 5.74) is 2.72. The normalized spacial score (nSPS) is 10.7. The molecule has 6 N–H and O–H groups in total. The zero-order valence-corrected chi connectivity index (χ0v) is 18.3. The van der Waals surface area contributed by atoms with Crippen molar-refractivity contribution in [2.75, 3.05) is 32.8 Å². The van der Waals surface area contributed by atoms with Crippen LogP contribution in [0.4, 0.5) is 0 Å². The Labute approximate surface area is 169 Å². The molecule has 5 heteroatoms. The van der Waals surface area contributed by atoms with Gasteiger partial charge in [-0.05, 0) is 6.42 Å². The summed E-state index contributed by atoms with van der Waals surface area (Å²) in [6, 6.07) is 0. The Bertz CT molecular complexity index is 210. The molecule has 0 aliphatic heterocycles. The number of aliphatic hydroxyl groups is 2. The van der Waals surface area contributed by atoms with Gasteiger partial charge in [0.25, 0.3) is 0 Å². The highest BCUT2D eigenvalue weighted by Crippen LogP contribution is 2.13. The molecule has 0 spiro atoms. The average molecular weight is 390 g/mol. The van der Waals surface area contributed by atoms with Crippen LogP contribution in [0, 0.1) is 0 Å². The number of hydrogen-bond donors (Lipinski definition) is 5. The number of aliphatic hydroxyl groups excluding tert-OH is 2. The van der Waals surface area contributed by atoms with Gasteiger partial charge in [-0.25, -0.2) is 0 Å². The van der Waals surface area contributed by atoms with Crippen LogP contribution in [0.15, 0.2) is 0 Å². The van der Waals surface area contributed by atoms with Gasteiger partial charge in [-0.3, -0.25) is 11.3 Å². The maximum absolute atomic E-state index is 8.15. The van der Waals surface area contributed by atoms with Crippen LogP contribution < -0.4 is 16.6 Å². The summed E-state index contributed by atoms with van der Waals surface area (Å²) in [5, 5.41) is 19.1. The van der Waals surface area contributed by atoms with E-state index < -0.39 is 0 Å². The second-order valence-electron chi connectivity index (χ2n) is 7.45. The Balaban J connectivity index is 0. The molecular formula is C22H51N3O2. The van der Waals surface area contributed by atoms with Gasteiger partial charge in [-0.1, -0.05) is 103 Å². The third kappa shape index (κ3) is 33.8. The highest BCUT2D eigenvalue weighted by molar-refractivity contribution is 4.50. The van der Waals surface area contributed by atoms with E-state index in [1.165, 1.54) is 103 Å². The van der Waals surface area contributed by atoms with Crippen LogP contribution in [0.5, 0.6) is 0 Å². The van der Waals surface area contributed by atoms with Crippen molar-refractivity contribution < 1.29 is 10.2 Å². The van der Waals surface area contributed by atoms with Crippen LogP contribution in [-0.2, 0) is 0 Å². The molecule has 0 radical (unpaired) electrons. The molecule has 5 nitrogen and oxygen atoms in total. The molecule has 27 heavy (non-hydrogen) atoms. The number of hydrogen-bond acceptors (Lipinski definition) is 5. The monoisotopic (exact) mass is 389 g/mol. The molecule has 0 heterocycles. The van der Waals surface area contributed by atoms with Gasteiger partial charge in [-0.15, -0.1) is 0 Å². The van der Waals surface area contributed by atoms with Gasteiger partial charge >= 0.3 is 0 Å². The molecule has 166 valence electrons. The molecule has 0 aromatic carbocycles. The van der Waals surface area contributed by atoms with E-state index in [4.69, 9.17) is 16.1 Å². The molecule has 0 aliphatic carbocycles. The summed E-state index contributed by atoms with van der Waals surface area (Å²) in [4.78, 5) is 0. The summed E-state index contributed by atoms with van der Waals surface area (Å²) in [6.07, 6.45) is 22.8. The zero-order valence-electron chi connectivity index (χ0n) is 18.3. The first-order valence-corrected chi connectivity index (χ1v) is 11.7. The van der Waals surface area contributed by atoms with E-state index in [9.17, 15) is 0 Å². The van der Waals surface area contributed by atoms with Crippen molar-refractivity contribution in [1.82, 2.24) is 10.7 Å². The van der Waals surface area contributed by atoms with E-state index in [1.807, 2.05) is 0 Å². The highest BCUT2D eigenvalue weighted by Gasteiger charge is 1.94. The van der Waals surface area contributed by atoms with Gasteiger partial charge in [-0.2, -0.15) is 0 Å². The minimum atomic E-state index is 0.139.